The van der Waals surface area contributed by atoms with Crippen molar-refractivity contribution in [3.8, 4) is 0 Å². The maximum atomic E-state index is 11.6. The van der Waals surface area contributed by atoms with Crippen molar-refractivity contribution >= 4 is 17.6 Å². The van der Waals surface area contributed by atoms with E-state index in [9.17, 15) is 9.59 Å². The Morgan fingerprint density at radius 2 is 1.95 bits per heavy atom. The highest BCUT2D eigenvalue weighted by Crippen LogP contribution is 2.12. The van der Waals surface area contributed by atoms with Crippen LogP contribution in [0, 0.1) is 0 Å². The number of hydrogen-bond acceptors (Lipinski definition) is 5. The average Bonchev–Trinajstić information content (AvgIpc) is 2.50. The molecule has 0 aliphatic heterocycles. The van der Waals surface area contributed by atoms with Crippen molar-refractivity contribution in [3.63, 3.8) is 0 Å². The number of methoxy groups -OCH3 is 1. The third-order valence-electron chi connectivity index (χ3n) is 2.78. The summed E-state index contributed by atoms with van der Waals surface area (Å²) in [6.07, 6.45) is 0.603. The Kier molecular flexibility index (Phi) is 6.52. The topological polar surface area (TPSA) is 87.7 Å². The molecule has 1 amide bonds. The lowest BCUT2D eigenvalue weighted by Gasteiger charge is -2.15. The maximum absolute atomic E-state index is 11.6. The summed E-state index contributed by atoms with van der Waals surface area (Å²) < 4.78 is 4.69. The molecule has 0 saturated heterocycles. The fourth-order valence-electron chi connectivity index (χ4n) is 1.66. The van der Waals surface area contributed by atoms with Gasteiger partial charge in [-0.25, -0.2) is 4.79 Å². The van der Waals surface area contributed by atoms with Crippen molar-refractivity contribution in [2.75, 3.05) is 25.6 Å². The second kappa shape index (κ2) is 8.16. The second-order valence-corrected chi connectivity index (χ2v) is 4.19. The minimum atomic E-state index is -0.408. The van der Waals surface area contributed by atoms with Crippen LogP contribution >= 0.6 is 0 Å². The predicted molar refractivity (Wildman–Crippen MR) is 75.6 cm³/mol. The number of carbonyl (C=O) groups excluding carboxylic acids is 2. The molecule has 1 rings (SSSR count). The van der Waals surface area contributed by atoms with E-state index in [0.29, 0.717) is 12.0 Å². The molecule has 0 aliphatic rings. The summed E-state index contributed by atoms with van der Waals surface area (Å²) in [6, 6.07) is 6.34. The molecule has 0 bridgehead atoms. The van der Waals surface area contributed by atoms with Crippen molar-refractivity contribution in [2.24, 2.45) is 0 Å². The number of nitrogens with one attached hydrogen (secondary N) is 2. The molecule has 3 N–H and O–H groups in total. The minimum absolute atomic E-state index is 0.0946. The van der Waals surface area contributed by atoms with Crippen molar-refractivity contribution < 1.29 is 19.4 Å². The van der Waals surface area contributed by atoms with Crippen LogP contribution in [-0.4, -0.2) is 43.3 Å². The molecule has 0 aromatic heterocycles. The molecule has 0 saturated carbocycles. The first kappa shape index (κ1) is 16.0. The molecule has 0 spiro atoms. The van der Waals surface area contributed by atoms with Gasteiger partial charge in [-0.05, 0) is 30.7 Å². The molecule has 1 atom stereocenters. The molecule has 0 fully saturated rings. The second-order valence-electron chi connectivity index (χ2n) is 4.19. The zero-order valence-electron chi connectivity index (χ0n) is 11.7. The zero-order valence-corrected chi connectivity index (χ0v) is 11.7. The number of benzene rings is 1. The molecular formula is C14H20N2O4. The van der Waals surface area contributed by atoms with E-state index >= 15 is 0 Å². The van der Waals surface area contributed by atoms with Gasteiger partial charge in [0.2, 0.25) is 0 Å². The summed E-state index contributed by atoms with van der Waals surface area (Å²) in [5.74, 6) is -0.567. The minimum Gasteiger partial charge on any atom is -0.467 e. The summed E-state index contributed by atoms with van der Waals surface area (Å²) >= 11 is 0. The summed E-state index contributed by atoms with van der Waals surface area (Å²) in [4.78, 5) is 23.1. The van der Waals surface area contributed by atoms with Gasteiger partial charge in [0.1, 0.15) is 6.04 Å². The number of hydrogen-bond donors (Lipinski definition) is 3. The zero-order chi connectivity index (χ0) is 15.0. The summed E-state index contributed by atoms with van der Waals surface area (Å²) in [5, 5.41) is 14.2. The van der Waals surface area contributed by atoms with Crippen LogP contribution < -0.4 is 10.6 Å². The van der Waals surface area contributed by atoms with Gasteiger partial charge in [0.15, 0.2) is 0 Å². The SMILES string of the molecule is CCC(Nc1ccc(C(=O)NCCO)cc1)C(=O)OC. The van der Waals surface area contributed by atoms with Gasteiger partial charge in [0.05, 0.1) is 13.7 Å². The molecule has 6 heteroatoms. The van der Waals surface area contributed by atoms with Crippen LogP contribution in [0.1, 0.15) is 23.7 Å². The monoisotopic (exact) mass is 280 g/mol. The van der Waals surface area contributed by atoms with Crippen LogP contribution in [0.3, 0.4) is 0 Å². The molecule has 110 valence electrons. The number of esters is 1. The first-order valence-corrected chi connectivity index (χ1v) is 6.45. The molecular weight excluding hydrogens is 260 g/mol. The van der Waals surface area contributed by atoms with E-state index in [1.807, 2.05) is 6.92 Å². The van der Waals surface area contributed by atoms with E-state index in [1.54, 1.807) is 24.3 Å². The van der Waals surface area contributed by atoms with Gasteiger partial charge in [-0.2, -0.15) is 0 Å². The van der Waals surface area contributed by atoms with E-state index < -0.39 is 6.04 Å². The van der Waals surface area contributed by atoms with Crippen LogP contribution in [-0.2, 0) is 9.53 Å². The number of carbonyl (C=O) groups is 2. The standard InChI is InChI=1S/C14H20N2O4/c1-3-12(14(19)20-2)16-11-6-4-10(5-7-11)13(18)15-8-9-17/h4-7,12,16-17H,3,8-9H2,1-2H3,(H,15,18). The highest BCUT2D eigenvalue weighted by molar-refractivity contribution is 5.94. The van der Waals surface area contributed by atoms with Gasteiger partial charge >= 0.3 is 5.97 Å². The Labute approximate surface area is 118 Å². The van der Waals surface area contributed by atoms with E-state index in [1.165, 1.54) is 7.11 Å². The van der Waals surface area contributed by atoms with Crippen molar-refractivity contribution in [1.29, 1.82) is 0 Å². The first-order chi connectivity index (χ1) is 9.62. The fourth-order valence-corrected chi connectivity index (χ4v) is 1.66. The summed E-state index contributed by atoms with van der Waals surface area (Å²) in [5.41, 5.74) is 1.23. The van der Waals surface area contributed by atoms with Crippen LogP contribution in [0.2, 0.25) is 0 Å². The number of aliphatic hydroxyl groups is 1. The Morgan fingerprint density at radius 1 is 1.30 bits per heavy atom. The highest BCUT2D eigenvalue weighted by Gasteiger charge is 2.16. The Bertz CT molecular complexity index is 445. The molecule has 0 radical (unpaired) electrons. The predicted octanol–water partition coefficient (Wildman–Crippen LogP) is 0.772. The van der Waals surface area contributed by atoms with E-state index in [-0.39, 0.29) is 25.0 Å². The van der Waals surface area contributed by atoms with Crippen LogP contribution in [0.5, 0.6) is 0 Å². The molecule has 20 heavy (non-hydrogen) atoms. The lowest BCUT2D eigenvalue weighted by Crippen LogP contribution is -2.30. The number of aliphatic hydroxyl groups excluding tert-OH is 1. The summed E-state index contributed by atoms with van der Waals surface area (Å²) in [7, 11) is 1.35. The average molecular weight is 280 g/mol. The quantitative estimate of drug-likeness (QED) is 0.642. The largest absolute Gasteiger partial charge is 0.467 e. The van der Waals surface area contributed by atoms with Gasteiger partial charge < -0.3 is 20.5 Å². The van der Waals surface area contributed by atoms with Crippen molar-refractivity contribution in [3.05, 3.63) is 29.8 Å². The number of rotatable bonds is 7. The van der Waals surface area contributed by atoms with Gasteiger partial charge in [-0.15, -0.1) is 0 Å². The molecule has 1 unspecified atom stereocenters. The van der Waals surface area contributed by atoms with Gasteiger partial charge in [-0.1, -0.05) is 6.92 Å². The molecule has 0 heterocycles. The van der Waals surface area contributed by atoms with Gasteiger partial charge in [-0.3, -0.25) is 4.79 Å². The number of ether oxygens (including phenoxy) is 1. The maximum Gasteiger partial charge on any atom is 0.328 e. The highest BCUT2D eigenvalue weighted by atomic mass is 16.5. The first-order valence-electron chi connectivity index (χ1n) is 6.45. The Balaban J connectivity index is 2.66. The third kappa shape index (κ3) is 4.55. The lowest BCUT2D eigenvalue weighted by atomic mass is 10.1. The summed E-state index contributed by atoms with van der Waals surface area (Å²) in [6.45, 7) is 2.01. The van der Waals surface area contributed by atoms with Crippen LogP contribution in [0.4, 0.5) is 5.69 Å². The Morgan fingerprint density at radius 3 is 2.45 bits per heavy atom. The van der Waals surface area contributed by atoms with E-state index in [2.05, 4.69) is 10.6 Å². The molecule has 6 nitrogen and oxygen atoms in total. The van der Waals surface area contributed by atoms with E-state index in [4.69, 9.17) is 9.84 Å². The van der Waals surface area contributed by atoms with Crippen LogP contribution in [0.15, 0.2) is 24.3 Å². The third-order valence-corrected chi connectivity index (χ3v) is 2.78. The van der Waals surface area contributed by atoms with E-state index in [0.717, 1.165) is 5.69 Å². The normalized spacial score (nSPS) is 11.6. The fraction of sp³-hybridized carbons (Fsp3) is 0.429. The smallest absolute Gasteiger partial charge is 0.328 e. The number of anilines is 1. The van der Waals surface area contributed by atoms with Crippen LogP contribution in [0.25, 0.3) is 0 Å². The van der Waals surface area contributed by atoms with Gasteiger partial charge in [0, 0.05) is 17.8 Å². The molecule has 1 aromatic carbocycles. The van der Waals surface area contributed by atoms with Crippen molar-refractivity contribution in [2.45, 2.75) is 19.4 Å². The van der Waals surface area contributed by atoms with Crippen molar-refractivity contribution in [1.82, 2.24) is 5.32 Å². The lowest BCUT2D eigenvalue weighted by molar-refractivity contribution is -0.141. The number of amides is 1. The Hall–Kier alpha value is -2.08. The molecule has 1 aromatic rings. The van der Waals surface area contributed by atoms with Gasteiger partial charge in [0.25, 0.3) is 5.91 Å². The molecule has 0 aliphatic carbocycles.